The van der Waals surface area contributed by atoms with Gasteiger partial charge in [-0.1, -0.05) is 19.8 Å². The third-order valence-corrected chi connectivity index (χ3v) is 3.79. The van der Waals surface area contributed by atoms with Crippen molar-refractivity contribution in [2.75, 3.05) is 20.3 Å². The SMILES string of the molecule is COCCCNC(=O)[C@H](C)N[C@H]1CCCC[C@@H]1C. The van der Waals surface area contributed by atoms with Crippen molar-refractivity contribution in [2.24, 2.45) is 5.92 Å². The number of amides is 1. The molecule has 3 atom stereocenters. The molecule has 18 heavy (non-hydrogen) atoms. The molecule has 0 bridgehead atoms. The van der Waals surface area contributed by atoms with Gasteiger partial charge < -0.3 is 15.4 Å². The highest BCUT2D eigenvalue weighted by Gasteiger charge is 2.24. The molecule has 0 aromatic rings. The summed E-state index contributed by atoms with van der Waals surface area (Å²) in [5.41, 5.74) is 0. The third-order valence-electron chi connectivity index (χ3n) is 3.79. The first kappa shape index (κ1) is 15.4. The standard InChI is InChI=1S/C14H28N2O2/c1-11-7-4-5-8-13(11)16-12(2)14(17)15-9-6-10-18-3/h11-13,16H,4-10H2,1-3H3,(H,15,17)/t11-,12-,13-/m0/s1. The van der Waals surface area contributed by atoms with E-state index >= 15 is 0 Å². The molecule has 4 heteroatoms. The van der Waals surface area contributed by atoms with E-state index in [0.717, 1.165) is 6.42 Å². The maximum absolute atomic E-state index is 11.9. The van der Waals surface area contributed by atoms with Crippen molar-refractivity contribution in [1.82, 2.24) is 10.6 Å². The van der Waals surface area contributed by atoms with Crippen LogP contribution in [0.3, 0.4) is 0 Å². The second-order valence-electron chi connectivity index (χ2n) is 5.39. The van der Waals surface area contributed by atoms with Gasteiger partial charge in [0.05, 0.1) is 6.04 Å². The predicted octanol–water partition coefficient (Wildman–Crippen LogP) is 1.70. The number of rotatable bonds is 7. The molecule has 0 aromatic heterocycles. The topological polar surface area (TPSA) is 50.4 Å². The fraction of sp³-hybridized carbons (Fsp3) is 0.929. The molecule has 1 amide bonds. The van der Waals surface area contributed by atoms with E-state index in [9.17, 15) is 4.79 Å². The highest BCUT2D eigenvalue weighted by Crippen LogP contribution is 2.23. The van der Waals surface area contributed by atoms with Crippen LogP contribution in [0, 0.1) is 5.92 Å². The van der Waals surface area contributed by atoms with Gasteiger partial charge in [0.25, 0.3) is 0 Å². The Morgan fingerprint density at radius 2 is 2.11 bits per heavy atom. The Bertz CT molecular complexity index is 246. The molecule has 106 valence electrons. The second-order valence-corrected chi connectivity index (χ2v) is 5.39. The first-order chi connectivity index (χ1) is 8.65. The second kappa shape index (κ2) is 8.48. The van der Waals surface area contributed by atoms with Gasteiger partial charge in [-0.3, -0.25) is 4.79 Å². The normalized spacial score (nSPS) is 25.7. The van der Waals surface area contributed by atoms with E-state index in [1.54, 1.807) is 7.11 Å². The van der Waals surface area contributed by atoms with E-state index in [-0.39, 0.29) is 11.9 Å². The maximum Gasteiger partial charge on any atom is 0.236 e. The molecule has 1 aliphatic rings. The van der Waals surface area contributed by atoms with Crippen molar-refractivity contribution in [1.29, 1.82) is 0 Å². The average molecular weight is 256 g/mol. The fourth-order valence-electron chi connectivity index (χ4n) is 2.54. The zero-order valence-electron chi connectivity index (χ0n) is 12.0. The molecule has 0 heterocycles. The van der Waals surface area contributed by atoms with Gasteiger partial charge in [-0.25, -0.2) is 0 Å². The molecule has 1 aliphatic carbocycles. The first-order valence-electron chi connectivity index (χ1n) is 7.18. The van der Waals surface area contributed by atoms with Crippen LogP contribution in [0.5, 0.6) is 0 Å². The van der Waals surface area contributed by atoms with Crippen LogP contribution in [0.25, 0.3) is 0 Å². The van der Waals surface area contributed by atoms with Crippen LogP contribution in [0.1, 0.15) is 46.0 Å². The lowest BCUT2D eigenvalue weighted by Crippen LogP contribution is -2.49. The predicted molar refractivity (Wildman–Crippen MR) is 73.5 cm³/mol. The van der Waals surface area contributed by atoms with Crippen molar-refractivity contribution in [3.8, 4) is 0 Å². The highest BCUT2D eigenvalue weighted by molar-refractivity contribution is 5.81. The van der Waals surface area contributed by atoms with Crippen LogP contribution in [0.15, 0.2) is 0 Å². The molecule has 0 aliphatic heterocycles. The van der Waals surface area contributed by atoms with Crippen LogP contribution < -0.4 is 10.6 Å². The van der Waals surface area contributed by atoms with Gasteiger partial charge in [-0.2, -0.15) is 0 Å². The van der Waals surface area contributed by atoms with Gasteiger partial charge in [0.15, 0.2) is 0 Å². The zero-order chi connectivity index (χ0) is 13.4. The summed E-state index contributed by atoms with van der Waals surface area (Å²) in [6.07, 6.45) is 5.96. The van der Waals surface area contributed by atoms with Gasteiger partial charge in [-0.15, -0.1) is 0 Å². The van der Waals surface area contributed by atoms with E-state index in [1.165, 1.54) is 25.7 Å². The molecular weight excluding hydrogens is 228 g/mol. The quantitative estimate of drug-likeness (QED) is 0.682. The van der Waals surface area contributed by atoms with Crippen molar-refractivity contribution in [2.45, 2.75) is 58.0 Å². The summed E-state index contributed by atoms with van der Waals surface area (Å²) in [5.74, 6) is 0.784. The highest BCUT2D eigenvalue weighted by atomic mass is 16.5. The molecule has 0 saturated heterocycles. The van der Waals surface area contributed by atoms with Gasteiger partial charge in [0.1, 0.15) is 0 Å². The Balaban J connectivity index is 2.21. The molecular formula is C14H28N2O2. The molecule has 1 saturated carbocycles. The molecule has 0 aromatic carbocycles. The largest absolute Gasteiger partial charge is 0.385 e. The summed E-state index contributed by atoms with van der Waals surface area (Å²) in [5, 5.41) is 6.41. The van der Waals surface area contributed by atoms with E-state index in [4.69, 9.17) is 4.74 Å². The lowest BCUT2D eigenvalue weighted by molar-refractivity contribution is -0.123. The number of hydrogen-bond donors (Lipinski definition) is 2. The van der Waals surface area contributed by atoms with Crippen LogP contribution in [0.2, 0.25) is 0 Å². The smallest absolute Gasteiger partial charge is 0.236 e. The van der Waals surface area contributed by atoms with Gasteiger partial charge >= 0.3 is 0 Å². The molecule has 4 nitrogen and oxygen atoms in total. The van der Waals surface area contributed by atoms with E-state index in [2.05, 4.69) is 17.6 Å². The Hall–Kier alpha value is -0.610. The van der Waals surface area contributed by atoms with E-state index < -0.39 is 0 Å². The van der Waals surface area contributed by atoms with Gasteiger partial charge in [0.2, 0.25) is 5.91 Å². The van der Waals surface area contributed by atoms with Crippen molar-refractivity contribution in [3.63, 3.8) is 0 Å². The molecule has 0 spiro atoms. The molecule has 1 fully saturated rings. The van der Waals surface area contributed by atoms with Crippen LogP contribution in [-0.2, 0) is 9.53 Å². The maximum atomic E-state index is 11.9. The minimum atomic E-state index is -0.0990. The van der Waals surface area contributed by atoms with Crippen LogP contribution in [-0.4, -0.2) is 38.3 Å². The van der Waals surface area contributed by atoms with Crippen LogP contribution in [0.4, 0.5) is 0 Å². The minimum absolute atomic E-state index is 0.0990. The summed E-state index contributed by atoms with van der Waals surface area (Å²) >= 11 is 0. The number of hydrogen-bond acceptors (Lipinski definition) is 3. The molecule has 0 radical (unpaired) electrons. The summed E-state index contributed by atoms with van der Waals surface area (Å²) in [4.78, 5) is 11.9. The Morgan fingerprint density at radius 1 is 1.39 bits per heavy atom. The van der Waals surface area contributed by atoms with Gasteiger partial charge in [-0.05, 0) is 32.1 Å². The van der Waals surface area contributed by atoms with Gasteiger partial charge in [0, 0.05) is 26.3 Å². The van der Waals surface area contributed by atoms with Crippen molar-refractivity contribution in [3.05, 3.63) is 0 Å². The van der Waals surface area contributed by atoms with Crippen molar-refractivity contribution >= 4 is 5.91 Å². The lowest BCUT2D eigenvalue weighted by atomic mass is 9.85. The lowest BCUT2D eigenvalue weighted by Gasteiger charge is -2.31. The summed E-state index contributed by atoms with van der Waals surface area (Å²) < 4.78 is 4.95. The number of ether oxygens (including phenoxy) is 1. The average Bonchev–Trinajstić information content (AvgIpc) is 2.37. The number of methoxy groups -OCH3 is 1. The van der Waals surface area contributed by atoms with E-state index in [0.29, 0.717) is 25.1 Å². The molecule has 1 rings (SSSR count). The molecule has 2 N–H and O–H groups in total. The number of carbonyl (C=O) groups is 1. The minimum Gasteiger partial charge on any atom is -0.385 e. The fourth-order valence-corrected chi connectivity index (χ4v) is 2.54. The Morgan fingerprint density at radius 3 is 2.78 bits per heavy atom. The number of carbonyl (C=O) groups excluding carboxylic acids is 1. The monoisotopic (exact) mass is 256 g/mol. The molecule has 0 unspecified atom stereocenters. The van der Waals surface area contributed by atoms with Crippen molar-refractivity contribution < 1.29 is 9.53 Å². The third kappa shape index (κ3) is 5.36. The summed E-state index contributed by atoms with van der Waals surface area (Å²) in [6, 6.07) is 0.400. The Labute approximate surface area is 111 Å². The Kier molecular flexibility index (Phi) is 7.28. The number of nitrogens with one attached hydrogen (secondary N) is 2. The first-order valence-corrected chi connectivity index (χ1v) is 7.18. The van der Waals surface area contributed by atoms with Crippen LogP contribution >= 0.6 is 0 Å². The zero-order valence-corrected chi connectivity index (χ0v) is 12.0. The summed E-state index contributed by atoms with van der Waals surface area (Å²) in [6.45, 7) is 5.62. The van der Waals surface area contributed by atoms with E-state index in [1.807, 2.05) is 6.92 Å². The summed E-state index contributed by atoms with van der Waals surface area (Å²) in [7, 11) is 1.68.